The highest BCUT2D eigenvalue weighted by molar-refractivity contribution is 5.47. The molecule has 0 spiro atoms. The van der Waals surface area contributed by atoms with E-state index >= 15 is 0 Å². The minimum Gasteiger partial charge on any atom is -0.370 e. The third-order valence-electron chi connectivity index (χ3n) is 5.88. The molecule has 1 aromatic carbocycles. The number of fused-ring (bicyclic) bond motifs is 1. The highest BCUT2D eigenvalue weighted by Gasteiger charge is 2.31. The van der Waals surface area contributed by atoms with Crippen LogP contribution in [0.1, 0.15) is 43.6 Å². The van der Waals surface area contributed by atoms with Gasteiger partial charge >= 0.3 is 0 Å². The maximum Gasteiger partial charge on any atom is 0.123 e. The number of hydrogen-bond acceptors (Lipinski definition) is 3. The largest absolute Gasteiger partial charge is 0.370 e. The lowest BCUT2D eigenvalue weighted by molar-refractivity contribution is 0.190. The first kappa shape index (κ1) is 17.5. The lowest BCUT2D eigenvalue weighted by atomic mass is 9.99. The van der Waals surface area contributed by atoms with Crippen molar-refractivity contribution in [3.05, 3.63) is 47.0 Å². The zero-order chi connectivity index (χ0) is 18.1. The second kappa shape index (κ2) is 7.39. The Kier molecular flexibility index (Phi) is 4.98. The highest BCUT2D eigenvalue weighted by atomic mass is 19.1. The van der Waals surface area contributed by atoms with Gasteiger partial charge in [-0.1, -0.05) is 13.8 Å². The molecule has 1 aromatic heterocycles. The fraction of sp³-hybridized carbons (Fsp3) is 0.571. The molecule has 1 fully saturated rings. The fourth-order valence-corrected chi connectivity index (χ4v) is 4.25. The zero-order valence-corrected chi connectivity index (χ0v) is 15.8. The van der Waals surface area contributed by atoms with Crippen molar-refractivity contribution in [2.45, 2.75) is 52.1 Å². The molecule has 5 heteroatoms. The van der Waals surface area contributed by atoms with Crippen molar-refractivity contribution in [1.82, 2.24) is 15.1 Å². The molecule has 0 radical (unpaired) electrons. The van der Waals surface area contributed by atoms with E-state index in [1.165, 1.54) is 29.8 Å². The van der Waals surface area contributed by atoms with Crippen LogP contribution >= 0.6 is 0 Å². The summed E-state index contributed by atoms with van der Waals surface area (Å²) in [5.41, 5.74) is 5.19. The van der Waals surface area contributed by atoms with E-state index in [4.69, 9.17) is 0 Å². The van der Waals surface area contributed by atoms with Gasteiger partial charge in [0.1, 0.15) is 5.82 Å². The molecule has 4 nitrogen and oxygen atoms in total. The molecule has 26 heavy (non-hydrogen) atoms. The quantitative estimate of drug-likeness (QED) is 0.886. The van der Waals surface area contributed by atoms with E-state index in [2.05, 4.69) is 33.8 Å². The summed E-state index contributed by atoms with van der Waals surface area (Å²) >= 11 is 0. The molecule has 0 unspecified atom stereocenters. The minimum atomic E-state index is -0.165. The number of H-pyrrole nitrogens is 1. The average Bonchev–Trinajstić information content (AvgIpc) is 3.27. The van der Waals surface area contributed by atoms with Crippen molar-refractivity contribution >= 4 is 5.69 Å². The smallest absolute Gasteiger partial charge is 0.123 e. The topological polar surface area (TPSA) is 35.2 Å². The Morgan fingerprint density at radius 1 is 1.23 bits per heavy atom. The van der Waals surface area contributed by atoms with Gasteiger partial charge in [-0.2, -0.15) is 5.10 Å². The number of aromatic amines is 1. The van der Waals surface area contributed by atoms with Crippen molar-refractivity contribution in [2.24, 2.45) is 5.92 Å². The SMILES string of the molecule is CC(C)CCc1n[nH]c2c1CN([C@@H]1CCN(c3ccc(F)cc3)C1)CC2. The van der Waals surface area contributed by atoms with Gasteiger partial charge in [-0.15, -0.1) is 0 Å². The minimum absolute atomic E-state index is 0.165. The van der Waals surface area contributed by atoms with E-state index in [0.717, 1.165) is 44.7 Å². The van der Waals surface area contributed by atoms with Crippen molar-refractivity contribution in [3.8, 4) is 0 Å². The van der Waals surface area contributed by atoms with Gasteiger partial charge in [0.05, 0.1) is 5.69 Å². The number of nitrogens with zero attached hydrogens (tertiary/aromatic N) is 3. The molecule has 0 saturated carbocycles. The molecule has 0 aliphatic carbocycles. The third-order valence-corrected chi connectivity index (χ3v) is 5.88. The summed E-state index contributed by atoms with van der Waals surface area (Å²) in [4.78, 5) is 5.01. The molecule has 3 heterocycles. The van der Waals surface area contributed by atoms with Crippen molar-refractivity contribution in [2.75, 3.05) is 24.5 Å². The maximum atomic E-state index is 13.2. The Bertz CT molecular complexity index is 737. The third kappa shape index (κ3) is 3.63. The Balaban J connectivity index is 1.41. The maximum absolute atomic E-state index is 13.2. The Morgan fingerprint density at radius 2 is 2.04 bits per heavy atom. The summed E-state index contributed by atoms with van der Waals surface area (Å²) in [5.74, 6) is 0.545. The molecular formula is C21H29FN4. The Hall–Kier alpha value is -1.88. The molecule has 0 amide bonds. The summed E-state index contributed by atoms with van der Waals surface area (Å²) in [6.07, 6.45) is 4.51. The number of benzene rings is 1. The number of anilines is 1. The standard InChI is InChI=1S/C21H29FN4/c1-15(2)3-8-20-19-14-26(12-10-21(19)24-23-20)18-9-11-25(13-18)17-6-4-16(22)5-7-17/h4-7,15,18H,3,8-14H2,1-2H3,(H,23,24)/t18-/m1/s1. The van der Waals surface area contributed by atoms with Gasteiger partial charge in [0.15, 0.2) is 0 Å². The van der Waals surface area contributed by atoms with Gasteiger partial charge in [0.2, 0.25) is 0 Å². The van der Waals surface area contributed by atoms with Gasteiger partial charge in [-0.3, -0.25) is 10.00 Å². The number of halogens is 1. The molecule has 0 bridgehead atoms. The van der Waals surface area contributed by atoms with E-state index in [9.17, 15) is 4.39 Å². The van der Waals surface area contributed by atoms with Crippen LogP contribution in [0, 0.1) is 11.7 Å². The van der Waals surface area contributed by atoms with E-state index in [0.29, 0.717) is 12.0 Å². The number of aromatic nitrogens is 2. The molecular weight excluding hydrogens is 327 g/mol. The number of hydrogen-bond donors (Lipinski definition) is 1. The van der Waals surface area contributed by atoms with Crippen LogP contribution < -0.4 is 4.90 Å². The van der Waals surface area contributed by atoms with Crippen molar-refractivity contribution < 1.29 is 4.39 Å². The second-order valence-electron chi connectivity index (χ2n) is 8.15. The first-order valence-corrected chi connectivity index (χ1v) is 9.89. The van der Waals surface area contributed by atoms with Gasteiger partial charge in [-0.05, 0) is 49.4 Å². The van der Waals surface area contributed by atoms with Crippen LogP contribution in [0.2, 0.25) is 0 Å². The average molecular weight is 356 g/mol. The highest BCUT2D eigenvalue weighted by Crippen LogP contribution is 2.28. The van der Waals surface area contributed by atoms with Crippen LogP contribution in [0.25, 0.3) is 0 Å². The van der Waals surface area contributed by atoms with Crippen LogP contribution in [0.5, 0.6) is 0 Å². The summed E-state index contributed by atoms with van der Waals surface area (Å²) in [6, 6.07) is 7.48. The number of aryl methyl sites for hydroxylation is 1. The lowest BCUT2D eigenvalue weighted by Gasteiger charge is -2.32. The number of nitrogens with one attached hydrogen (secondary N) is 1. The summed E-state index contributed by atoms with van der Waals surface area (Å²) in [7, 11) is 0. The molecule has 1 N–H and O–H groups in total. The predicted octanol–water partition coefficient (Wildman–Crippen LogP) is 3.77. The molecule has 2 aliphatic rings. The summed E-state index contributed by atoms with van der Waals surface area (Å²) in [5, 5.41) is 7.88. The zero-order valence-electron chi connectivity index (χ0n) is 15.8. The van der Waals surface area contributed by atoms with E-state index in [1.807, 2.05) is 12.1 Å². The summed E-state index contributed by atoms with van der Waals surface area (Å²) < 4.78 is 13.2. The van der Waals surface area contributed by atoms with Gasteiger partial charge < -0.3 is 4.90 Å². The van der Waals surface area contributed by atoms with Crippen LogP contribution in [0.4, 0.5) is 10.1 Å². The Morgan fingerprint density at radius 3 is 2.81 bits per heavy atom. The Labute approximate surface area is 155 Å². The second-order valence-corrected chi connectivity index (χ2v) is 8.15. The van der Waals surface area contributed by atoms with Crippen molar-refractivity contribution in [1.29, 1.82) is 0 Å². The monoisotopic (exact) mass is 356 g/mol. The van der Waals surface area contributed by atoms with Crippen molar-refractivity contribution in [3.63, 3.8) is 0 Å². The van der Waals surface area contributed by atoms with E-state index in [-0.39, 0.29) is 5.82 Å². The van der Waals surface area contributed by atoms with Crippen LogP contribution in [-0.2, 0) is 19.4 Å². The van der Waals surface area contributed by atoms with Crippen LogP contribution in [-0.4, -0.2) is 40.8 Å². The normalized spacial score (nSPS) is 20.8. The van der Waals surface area contributed by atoms with E-state index in [1.54, 1.807) is 12.1 Å². The van der Waals surface area contributed by atoms with Crippen LogP contribution in [0.15, 0.2) is 24.3 Å². The molecule has 140 valence electrons. The fourth-order valence-electron chi connectivity index (χ4n) is 4.25. The first-order chi connectivity index (χ1) is 12.6. The molecule has 1 saturated heterocycles. The summed E-state index contributed by atoms with van der Waals surface area (Å²) in [6.45, 7) is 8.73. The predicted molar refractivity (Wildman–Crippen MR) is 103 cm³/mol. The molecule has 4 rings (SSSR count). The van der Waals surface area contributed by atoms with Crippen LogP contribution in [0.3, 0.4) is 0 Å². The van der Waals surface area contributed by atoms with E-state index < -0.39 is 0 Å². The van der Waals surface area contributed by atoms with Gasteiger partial charge in [0, 0.05) is 55.6 Å². The van der Waals surface area contributed by atoms with Gasteiger partial charge in [0.25, 0.3) is 0 Å². The van der Waals surface area contributed by atoms with Gasteiger partial charge in [-0.25, -0.2) is 4.39 Å². The molecule has 2 aliphatic heterocycles. The first-order valence-electron chi connectivity index (χ1n) is 9.89. The lowest BCUT2D eigenvalue weighted by Crippen LogP contribution is -2.41. The number of rotatable bonds is 5. The molecule has 1 atom stereocenters. The molecule has 2 aromatic rings.